The van der Waals surface area contributed by atoms with Crippen molar-refractivity contribution >= 4 is 27.3 Å². The largest absolute Gasteiger partial charge is 0.477 e. The normalized spacial score (nSPS) is 21.9. The predicted octanol–water partition coefficient (Wildman–Crippen LogP) is 1.87. The van der Waals surface area contributed by atoms with Crippen LogP contribution in [0.15, 0.2) is 16.3 Å². The first kappa shape index (κ1) is 13.5. The first-order chi connectivity index (χ1) is 8.43. The number of thiophene rings is 1. The molecule has 1 N–H and O–H groups in total. The van der Waals surface area contributed by atoms with Crippen molar-refractivity contribution in [3.8, 4) is 0 Å². The lowest BCUT2D eigenvalue weighted by Crippen LogP contribution is -2.39. The summed E-state index contributed by atoms with van der Waals surface area (Å²) in [4.78, 5) is 10.8. The molecule has 0 aliphatic carbocycles. The summed E-state index contributed by atoms with van der Waals surface area (Å²) in [6.45, 7) is 2.95. The molecule has 1 atom stereocenters. The van der Waals surface area contributed by atoms with Crippen molar-refractivity contribution in [2.24, 2.45) is 5.92 Å². The molecule has 1 aromatic rings. The Balaban J connectivity index is 2.36. The minimum Gasteiger partial charge on any atom is -0.477 e. The zero-order valence-electron chi connectivity index (χ0n) is 10.00. The van der Waals surface area contributed by atoms with Gasteiger partial charge in [-0.2, -0.15) is 4.31 Å². The summed E-state index contributed by atoms with van der Waals surface area (Å²) < 4.78 is 26.2. The molecule has 2 heterocycles. The second-order valence-electron chi connectivity index (χ2n) is 4.53. The van der Waals surface area contributed by atoms with Gasteiger partial charge in [0.15, 0.2) is 0 Å². The lowest BCUT2D eigenvalue weighted by atomic mass is 10.0. The first-order valence-electron chi connectivity index (χ1n) is 5.74. The van der Waals surface area contributed by atoms with Crippen molar-refractivity contribution in [2.45, 2.75) is 24.7 Å². The summed E-state index contributed by atoms with van der Waals surface area (Å²) in [6, 6.07) is 1.38. The van der Waals surface area contributed by atoms with Gasteiger partial charge < -0.3 is 5.11 Å². The van der Waals surface area contributed by atoms with Gasteiger partial charge in [0, 0.05) is 13.1 Å². The molecular formula is C11H15NO4S2. The van der Waals surface area contributed by atoms with Crippen molar-refractivity contribution in [3.63, 3.8) is 0 Å². The fourth-order valence-electron chi connectivity index (χ4n) is 2.16. The molecule has 1 aliphatic heterocycles. The quantitative estimate of drug-likeness (QED) is 0.921. The molecule has 1 saturated heterocycles. The van der Waals surface area contributed by atoms with Crippen LogP contribution < -0.4 is 0 Å². The molecule has 0 saturated carbocycles. The second-order valence-corrected chi connectivity index (χ2v) is 7.35. The number of carboxylic acid groups (broad SMARTS) is 1. The molecule has 0 radical (unpaired) electrons. The van der Waals surface area contributed by atoms with Gasteiger partial charge in [-0.3, -0.25) is 0 Å². The second kappa shape index (κ2) is 4.99. The number of hydrogen-bond donors (Lipinski definition) is 1. The van der Waals surface area contributed by atoms with Crippen molar-refractivity contribution < 1.29 is 18.3 Å². The fourth-order valence-corrected chi connectivity index (χ4v) is 4.99. The van der Waals surface area contributed by atoms with E-state index in [1.54, 1.807) is 0 Å². The van der Waals surface area contributed by atoms with Gasteiger partial charge in [-0.05, 0) is 30.2 Å². The summed E-state index contributed by atoms with van der Waals surface area (Å²) in [5.74, 6) is -0.867. The molecule has 1 aliphatic rings. The molecule has 5 nitrogen and oxygen atoms in total. The minimum atomic E-state index is -3.66. The number of hydrogen-bond acceptors (Lipinski definition) is 4. The van der Waals surface area contributed by atoms with Gasteiger partial charge >= 0.3 is 5.97 Å². The molecule has 1 aromatic heterocycles. The van der Waals surface area contributed by atoms with Gasteiger partial charge in [0.2, 0.25) is 10.0 Å². The topological polar surface area (TPSA) is 74.7 Å². The Morgan fingerprint density at radius 2 is 2.28 bits per heavy atom. The Bertz CT molecular complexity index is 549. The minimum absolute atomic E-state index is 0.0749. The maximum Gasteiger partial charge on any atom is 0.347 e. The van der Waals surface area contributed by atoms with Crippen LogP contribution in [0.1, 0.15) is 29.4 Å². The van der Waals surface area contributed by atoms with E-state index in [-0.39, 0.29) is 9.77 Å². The van der Waals surface area contributed by atoms with Crippen LogP contribution in [0.4, 0.5) is 0 Å². The smallest absolute Gasteiger partial charge is 0.347 e. The summed E-state index contributed by atoms with van der Waals surface area (Å²) >= 11 is 0.944. The summed E-state index contributed by atoms with van der Waals surface area (Å²) in [5.41, 5.74) is 0. The van der Waals surface area contributed by atoms with Crippen molar-refractivity contribution in [3.05, 3.63) is 16.3 Å². The van der Waals surface area contributed by atoms with E-state index in [0.717, 1.165) is 24.2 Å². The fraction of sp³-hybridized carbons (Fsp3) is 0.545. The molecule has 0 unspecified atom stereocenters. The van der Waals surface area contributed by atoms with E-state index in [9.17, 15) is 13.2 Å². The van der Waals surface area contributed by atoms with E-state index in [2.05, 4.69) is 0 Å². The van der Waals surface area contributed by atoms with Gasteiger partial charge in [0.05, 0.1) is 0 Å². The highest BCUT2D eigenvalue weighted by Gasteiger charge is 2.32. The highest BCUT2D eigenvalue weighted by atomic mass is 32.2. The molecule has 1 fully saturated rings. The molecule has 18 heavy (non-hydrogen) atoms. The van der Waals surface area contributed by atoms with E-state index in [4.69, 9.17) is 5.11 Å². The van der Waals surface area contributed by atoms with Crippen molar-refractivity contribution in [1.82, 2.24) is 4.31 Å². The third kappa shape index (κ3) is 2.43. The van der Waals surface area contributed by atoms with Crippen LogP contribution in [0.5, 0.6) is 0 Å². The van der Waals surface area contributed by atoms with Crippen LogP contribution in [0.3, 0.4) is 0 Å². The van der Waals surface area contributed by atoms with Crippen LogP contribution >= 0.6 is 11.3 Å². The van der Waals surface area contributed by atoms with Gasteiger partial charge in [-0.25, -0.2) is 13.2 Å². The maximum absolute atomic E-state index is 12.4. The summed E-state index contributed by atoms with van der Waals surface area (Å²) in [6.07, 6.45) is 1.84. The number of carboxylic acids is 1. The van der Waals surface area contributed by atoms with Crippen molar-refractivity contribution in [1.29, 1.82) is 0 Å². The monoisotopic (exact) mass is 289 g/mol. The standard InChI is InChI=1S/C11H15NO4S2/c1-8-3-2-5-12(7-8)18(15,16)9-4-6-17-10(9)11(13)14/h4,6,8H,2-3,5,7H2,1H3,(H,13,14)/t8-/m1/s1. The summed E-state index contributed by atoms with van der Waals surface area (Å²) in [5, 5.41) is 10.5. The Morgan fingerprint density at radius 1 is 1.56 bits per heavy atom. The van der Waals surface area contributed by atoms with Gasteiger partial charge in [0.25, 0.3) is 0 Å². The third-order valence-electron chi connectivity index (χ3n) is 3.06. The Morgan fingerprint density at radius 3 is 2.89 bits per heavy atom. The molecule has 0 spiro atoms. The van der Waals surface area contributed by atoms with Crippen LogP contribution in [0.25, 0.3) is 0 Å². The molecule has 2 rings (SSSR count). The number of aromatic carboxylic acids is 1. The van der Waals surface area contributed by atoms with Crippen molar-refractivity contribution in [2.75, 3.05) is 13.1 Å². The van der Waals surface area contributed by atoms with E-state index in [0.29, 0.717) is 19.0 Å². The highest BCUT2D eigenvalue weighted by molar-refractivity contribution is 7.89. The molecule has 100 valence electrons. The van der Waals surface area contributed by atoms with Gasteiger partial charge in [0.1, 0.15) is 9.77 Å². The number of carbonyl (C=O) groups is 1. The van der Waals surface area contributed by atoms with E-state index >= 15 is 0 Å². The van der Waals surface area contributed by atoms with Gasteiger partial charge in [-0.15, -0.1) is 11.3 Å². The van der Waals surface area contributed by atoms with E-state index < -0.39 is 16.0 Å². The first-order valence-corrected chi connectivity index (χ1v) is 8.06. The number of nitrogens with zero attached hydrogens (tertiary/aromatic N) is 1. The number of sulfonamides is 1. The zero-order valence-corrected chi connectivity index (χ0v) is 11.6. The molecule has 0 aromatic carbocycles. The number of rotatable bonds is 3. The molecule has 0 bridgehead atoms. The Kier molecular flexibility index (Phi) is 3.74. The highest BCUT2D eigenvalue weighted by Crippen LogP contribution is 2.28. The lowest BCUT2D eigenvalue weighted by Gasteiger charge is -2.29. The molecule has 0 amide bonds. The Hall–Kier alpha value is -0.920. The average Bonchev–Trinajstić information content (AvgIpc) is 2.78. The third-order valence-corrected chi connectivity index (χ3v) is 6.00. The van der Waals surface area contributed by atoms with E-state index in [1.165, 1.54) is 15.8 Å². The lowest BCUT2D eigenvalue weighted by molar-refractivity contribution is 0.0698. The zero-order chi connectivity index (χ0) is 13.3. The van der Waals surface area contributed by atoms with Crippen LogP contribution in [-0.2, 0) is 10.0 Å². The predicted molar refractivity (Wildman–Crippen MR) is 68.4 cm³/mol. The average molecular weight is 289 g/mol. The SMILES string of the molecule is C[C@@H]1CCCN(S(=O)(=O)c2ccsc2C(=O)O)C1. The molecular weight excluding hydrogens is 274 g/mol. The Labute approximate surface area is 110 Å². The van der Waals surface area contributed by atoms with Crippen LogP contribution in [0, 0.1) is 5.92 Å². The van der Waals surface area contributed by atoms with E-state index in [1.807, 2.05) is 6.92 Å². The maximum atomic E-state index is 12.4. The van der Waals surface area contributed by atoms with Crippen LogP contribution in [0.2, 0.25) is 0 Å². The van der Waals surface area contributed by atoms with Gasteiger partial charge in [-0.1, -0.05) is 6.92 Å². The number of piperidine rings is 1. The molecule has 7 heteroatoms. The van der Waals surface area contributed by atoms with Crippen LogP contribution in [-0.4, -0.2) is 36.9 Å². The summed E-state index contributed by atoms with van der Waals surface area (Å²) in [7, 11) is -3.66.